The van der Waals surface area contributed by atoms with Crippen LogP contribution in [0.1, 0.15) is 31.7 Å². The van der Waals surface area contributed by atoms with E-state index in [0.717, 1.165) is 6.42 Å². The summed E-state index contributed by atoms with van der Waals surface area (Å²) in [5, 5.41) is 0. The van der Waals surface area contributed by atoms with Gasteiger partial charge in [-0.1, -0.05) is 25.5 Å². The number of nitrogens with zero attached hydrogens (tertiary/aromatic N) is 2. The van der Waals surface area contributed by atoms with Gasteiger partial charge in [0.15, 0.2) is 5.71 Å². The maximum atomic E-state index is 2.25. The van der Waals surface area contributed by atoms with Gasteiger partial charge in [-0.15, -0.1) is 0 Å². The summed E-state index contributed by atoms with van der Waals surface area (Å²) < 4.78 is 2.14. The van der Waals surface area contributed by atoms with Crippen molar-refractivity contribution < 1.29 is 4.58 Å². The SMILES string of the molecule is CCCCC(=C1C=CC(=[N+](C)C)C=C1)c1ccc(N(C)C)cc1. The lowest BCUT2D eigenvalue weighted by Crippen LogP contribution is -2.10. The van der Waals surface area contributed by atoms with Gasteiger partial charge in [-0.05, 0) is 53.8 Å². The number of anilines is 1. The predicted molar refractivity (Wildman–Crippen MR) is 103 cm³/mol. The minimum absolute atomic E-state index is 1.12. The molecule has 1 aromatic rings. The van der Waals surface area contributed by atoms with Gasteiger partial charge in [0, 0.05) is 31.9 Å². The Morgan fingerprint density at radius 2 is 1.57 bits per heavy atom. The van der Waals surface area contributed by atoms with Crippen molar-refractivity contribution in [2.45, 2.75) is 26.2 Å². The van der Waals surface area contributed by atoms with E-state index in [1.807, 2.05) is 0 Å². The standard InChI is InChI=1S/C21H29N2/c1-6-7-8-21(17-9-13-19(14-10-17)22(2)3)18-11-15-20(16-12-18)23(4)5/h9-16H,6-8H2,1-5H3/q+1. The fourth-order valence-electron chi connectivity index (χ4n) is 2.73. The summed E-state index contributed by atoms with van der Waals surface area (Å²) in [6, 6.07) is 8.91. The van der Waals surface area contributed by atoms with Crippen molar-refractivity contribution in [3.8, 4) is 0 Å². The third-order valence-corrected chi connectivity index (χ3v) is 4.24. The summed E-state index contributed by atoms with van der Waals surface area (Å²) in [6.07, 6.45) is 12.5. The Hall–Kier alpha value is -2.09. The van der Waals surface area contributed by atoms with Crippen LogP contribution in [-0.2, 0) is 0 Å². The predicted octanol–water partition coefficient (Wildman–Crippen LogP) is 4.54. The molecule has 0 unspecified atom stereocenters. The smallest absolute Gasteiger partial charge is 0.199 e. The van der Waals surface area contributed by atoms with Gasteiger partial charge < -0.3 is 4.90 Å². The van der Waals surface area contributed by atoms with Crippen LogP contribution in [0.4, 0.5) is 5.69 Å². The first-order chi connectivity index (χ1) is 11.0. The lowest BCUT2D eigenvalue weighted by atomic mass is 9.92. The number of hydrogen-bond acceptors (Lipinski definition) is 1. The van der Waals surface area contributed by atoms with Gasteiger partial charge in [-0.25, -0.2) is 4.58 Å². The molecule has 0 fully saturated rings. The monoisotopic (exact) mass is 309 g/mol. The maximum absolute atomic E-state index is 2.25. The Bertz CT molecular complexity index is 634. The van der Waals surface area contributed by atoms with E-state index >= 15 is 0 Å². The number of hydrogen-bond donors (Lipinski definition) is 0. The number of rotatable bonds is 5. The zero-order valence-corrected chi connectivity index (χ0v) is 15.1. The third-order valence-electron chi connectivity index (χ3n) is 4.24. The Morgan fingerprint density at radius 1 is 0.957 bits per heavy atom. The third kappa shape index (κ3) is 4.44. The highest BCUT2D eigenvalue weighted by atomic mass is 15.1. The average molecular weight is 309 g/mol. The first-order valence-corrected chi connectivity index (χ1v) is 8.44. The van der Waals surface area contributed by atoms with Crippen LogP contribution in [-0.4, -0.2) is 38.5 Å². The van der Waals surface area contributed by atoms with Crippen LogP contribution >= 0.6 is 0 Å². The molecule has 0 aromatic heterocycles. The van der Waals surface area contributed by atoms with Gasteiger partial charge in [-0.2, -0.15) is 0 Å². The van der Waals surface area contributed by atoms with Crippen LogP contribution < -0.4 is 4.90 Å². The molecule has 1 aromatic carbocycles. The van der Waals surface area contributed by atoms with Crippen molar-refractivity contribution >= 4 is 17.0 Å². The van der Waals surface area contributed by atoms with Crippen LogP contribution in [0.2, 0.25) is 0 Å². The summed E-state index contributed by atoms with van der Waals surface area (Å²) in [4.78, 5) is 2.14. The van der Waals surface area contributed by atoms with Crippen molar-refractivity contribution in [2.75, 3.05) is 33.1 Å². The molecule has 0 aliphatic heterocycles. The minimum Gasteiger partial charge on any atom is -0.378 e. The second-order valence-corrected chi connectivity index (χ2v) is 6.46. The molecule has 0 heterocycles. The molecule has 0 radical (unpaired) electrons. The molecular weight excluding hydrogens is 280 g/mol. The first-order valence-electron chi connectivity index (χ1n) is 8.44. The molecule has 1 aliphatic carbocycles. The second kappa shape index (κ2) is 7.96. The van der Waals surface area contributed by atoms with Crippen molar-refractivity contribution in [1.29, 1.82) is 0 Å². The molecular formula is C21H29N2+. The van der Waals surface area contributed by atoms with Gasteiger partial charge in [-0.3, -0.25) is 0 Å². The van der Waals surface area contributed by atoms with Gasteiger partial charge in [0.1, 0.15) is 14.1 Å². The molecule has 0 bridgehead atoms. The van der Waals surface area contributed by atoms with E-state index in [9.17, 15) is 0 Å². The van der Waals surface area contributed by atoms with E-state index in [0.29, 0.717) is 0 Å². The van der Waals surface area contributed by atoms with E-state index in [4.69, 9.17) is 0 Å². The topological polar surface area (TPSA) is 6.25 Å². The summed E-state index contributed by atoms with van der Waals surface area (Å²) >= 11 is 0. The van der Waals surface area contributed by atoms with Crippen LogP contribution in [0.15, 0.2) is 54.1 Å². The molecule has 2 rings (SSSR count). The van der Waals surface area contributed by atoms with Gasteiger partial charge >= 0.3 is 0 Å². The van der Waals surface area contributed by atoms with Crippen molar-refractivity contribution in [1.82, 2.24) is 0 Å². The highest BCUT2D eigenvalue weighted by Crippen LogP contribution is 2.28. The normalized spacial score (nSPS) is 13.4. The van der Waals surface area contributed by atoms with E-state index in [1.54, 1.807) is 0 Å². The number of unbranched alkanes of at least 4 members (excludes halogenated alkanes) is 1. The summed E-state index contributed by atoms with van der Waals surface area (Å²) in [6.45, 7) is 2.25. The lowest BCUT2D eigenvalue weighted by Gasteiger charge is -2.16. The fraction of sp³-hybridized carbons (Fsp3) is 0.381. The Morgan fingerprint density at radius 3 is 2.04 bits per heavy atom. The molecule has 0 saturated heterocycles. The van der Waals surface area contributed by atoms with E-state index in [2.05, 4.69) is 93.2 Å². The molecule has 0 N–H and O–H groups in total. The number of allylic oxidation sites excluding steroid dienone is 6. The van der Waals surface area contributed by atoms with Crippen LogP contribution in [0.3, 0.4) is 0 Å². The second-order valence-electron chi connectivity index (χ2n) is 6.46. The first kappa shape index (κ1) is 17.3. The quantitative estimate of drug-likeness (QED) is 0.724. The van der Waals surface area contributed by atoms with E-state index in [1.165, 1.54) is 41.0 Å². The zero-order valence-electron chi connectivity index (χ0n) is 15.1. The molecule has 122 valence electrons. The highest BCUT2D eigenvalue weighted by molar-refractivity contribution is 6.03. The highest BCUT2D eigenvalue weighted by Gasteiger charge is 2.11. The van der Waals surface area contributed by atoms with Gasteiger partial charge in [0.2, 0.25) is 0 Å². The van der Waals surface area contributed by atoms with Gasteiger partial charge in [0.05, 0.1) is 0 Å². The van der Waals surface area contributed by atoms with Crippen molar-refractivity contribution in [3.05, 3.63) is 59.7 Å². The van der Waals surface area contributed by atoms with Crippen LogP contribution in [0.25, 0.3) is 5.57 Å². The molecule has 0 spiro atoms. The average Bonchev–Trinajstić information content (AvgIpc) is 2.56. The zero-order chi connectivity index (χ0) is 16.8. The summed E-state index contributed by atoms with van der Waals surface area (Å²) in [7, 11) is 8.32. The molecule has 23 heavy (non-hydrogen) atoms. The Balaban J connectivity index is 2.38. The Labute approximate surface area is 141 Å². The minimum atomic E-state index is 1.12. The van der Waals surface area contributed by atoms with Gasteiger partial charge in [0.25, 0.3) is 0 Å². The molecule has 2 heteroatoms. The van der Waals surface area contributed by atoms with E-state index < -0.39 is 0 Å². The lowest BCUT2D eigenvalue weighted by molar-refractivity contribution is -0.462. The molecule has 0 saturated carbocycles. The maximum Gasteiger partial charge on any atom is 0.199 e. The fourth-order valence-corrected chi connectivity index (χ4v) is 2.73. The van der Waals surface area contributed by atoms with Crippen LogP contribution in [0.5, 0.6) is 0 Å². The van der Waals surface area contributed by atoms with Crippen LogP contribution in [0, 0.1) is 0 Å². The summed E-state index contributed by atoms with van der Waals surface area (Å²) in [5.74, 6) is 0. The van der Waals surface area contributed by atoms with Crippen molar-refractivity contribution in [3.63, 3.8) is 0 Å². The molecule has 0 atom stereocenters. The molecule has 0 amide bonds. The molecule has 2 nitrogen and oxygen atoms in total. The summed E-state index contributed by atoms with van der Waals surface area (Å²) in [5.41, 5.74) is 6.60. The van der Waals surface area contributed by atoms with E-state index in [-0.39, 0.29) is 0 Å². The van der Waals surface area contributed by atoms with Crippen molar-refractivity contribution in [2.24, 2.45) is 0 Å². The Kier molecular flexibility index (Phi) is 5.97. The number of benzene rings is 1. The molecule has 1 aliphatic rings. The largest absolute Gasteiger partial charge is 0.378 e.